The van der Waals surface area contributed by atoms with Crippen molar-refractivity contribution in [2.45, 2.75) is 113 Å². The molecule has 13 rings (SSSR count). The lowest BCUT2D eigenvalue weighted by Crippen LogP contribution is -2.53. The van der Waals surface area contributed by atoms with Gasteiger partial charge in [-0.25, -0.2) is 28.7 Å². The van der Waals surface area contributed by atoms with Gasteiger partial charge < -0.3 is 70.6 Å². The number of nitrogens with one attached hydrogen (secondary N) is 6. The number of carbonyl (C=O) groups is 3. The van der Waals surface area contributed by atoms with Crippen LogP contribution in [0.4, 0.5) is 17.2 Å². The van der Waals surface area contributed by atoms with E-state index >= 15 is 0 Å². The fourth-order valence-corrected chi connectivity index (χ4v) is 13.8. The van der Waals surface area contributed by atoms with Gasteiger partial charge in [-0.1, -0.05) is 35.5 Å². The number of ether oxygens (including phenoxy) is 5. The molecule has 3 amide bonds. The summed E-state index contributed by atoms with van der Waals surface area (Å²) in [5, 5.41) is 47.4. The Bertz CT molecular complexity index is 4910. The average molecular weight is 1470 g/mol. The van der Waals surface area contributed by atoms with E-state index in [-0.39, 0.29) is 63.3 Å². The third kappa shape index (κ3) is 17.2. The highest BCUT2D eigenvalue weighted by atomic mass is 31.2. The smallest absolute Gasteiger partial charge is 0.390 e. The number of hydrogen-bond donors (Lipinski definition) is 11. The molecule has 7 aliphatic heterocycles. The van der Waals surface area contributed by atoms with Crippen LogP contribution in [0.2, 0.25) is 0 Å². The monoisotopic (exact) mass is 1470 g/mol. The summed E-state index contributed by atoms with van der Waals surface area (Å²) in [5.74, 6) is 13.2. The molecule has 0 radical (unpaired) electrons. The zero-order chi connectivity index (χ0) is 73.8. The first kappa shape index (κ1) is 74.2. The topological polar surface area (TPSA) is 556 Å². The van der Waals surface area contributed by atoms with Gasteiger partial charge in [0.1, 0.15) is 78.1 Å². The van der Waals surface area contributed by atoms with E-state index in [1.807, 2.05) is 0 Å². The molecule has 3 saturated heterocycles. The van der Waals surface area contributed by atoms with Gasteiger partial charge in [0.15, 0.2) is 6.10 Å². The number of nitro benzene ring substituents is 2. The standard InChI is InChI=1S/C61H65N15O25P2/c1-30-37-12-8-32(15-40(37)75(85)86)6-10-34-23-72(55-53(34)54(63)67-29-68-55)50-17-42(77)46(97-50)27-94-102(89,90)101-44-19-52-74-25-36(57(80)71-61(74)84)11-7-33-9-13-38(41(16-33)76(87)88)31(2)96-45(21-65-58(81)39(20-62)69-30)59(82)66-22-49(78)64-14-4-5-35-24-73(60(83)70-56(35)79)51-18-43(47(98-51)26-93-3)100-103(91,92)95-28-48(44)99-52/h8-9,12-13,15-16,23-25,29-31,39,42-48,50-52,69,77H,14,17-22,26-28,62H2,1-3H3,(H,64,78)(H,65,81)(H,66,82)(H,89,90)(H,91,92)(H2,63,67,68)(H,70,79,83)(H,71,80,84)/t30?,31?,39?,42-,43-,44-,45?,46+,47+,48+,50+,51+,52+/m0/s1. The lowest BCUT2D eigenvalue weighted by molar-refractivity contribution is -0.386. The number of aromatic amines is 2. The van der Waals surface area contributed by atoms with Gasteiger partial charge in [0.2, 0.25) is 11.8 Å². The SMILES string of the molecule is COC[C@H]1O[C@@H]2C[C@@H]1OP(=O)(O)OC[C@H]1O[C@@H]3C[C@@H]1OP(=O)(O)OC[C@H]1O[C@H](C[C@@H]1O)n1cc(c4c(N)ncnc41)C#Cc1ccc(c([N+](=O)[O-])c1)C(C)NC(CN)C(=O)NCC(OC(C)c1ccc(cc1[N+](=O)[O-])C#Cc1cn3c(=O)[nH]c1=O)C(=O)NCC(=O)NCC#Cc1cn2c(=O)[nH]c1=O. The number of amides is 3. The van der Waals surface area contributed by atoms with Crippen molar-refractivity contribution < 1.29 is 90.0 Å². The quantitative estimate of drug-likeness (QED) is 0.0416. The zero-order valence-corrected chi connectivity index (χ0v) is 56.1. The van der Waals surface area contributed by atoms with Crippen LogP contribution in [0.25, 0.3) is 11.0 Å². The molecular weight excluding hydrogens is 1400 g/mol. The summed E-state index contributed by atoms with van der Waals surface area (Å²) in [6.07, 6.45) is -12.8. The van der Waals surface area contributed by atoms with E-state index < -0.39 is 214 Å². The number of nitro groups is 2. The van der Waals surface area contributed by atoms with Crippen LogP contribution in [0.15, 0.2) is 80.5 Å². The Hall–Kier alpha value is -9.99. The normalized spacial score (nSPS) is 28.9. The Balaban J connectivity index is 0.991. The first-order chi connectivity index (χ1) is 49.1. The molecule has 4 aromatic heterocycles. The molecule has 40 nitrogen and oxygen atoms in total. The largest absolute Gasteiger partial charge is 0.472 e. The molecule has 15 atom stereocenters. The molecule has 7 aliphatic rings. The van der Waals surface area contributed by atoms with Crippen LogP contribution in [-0.2, 0) is 65.3 Å². The van der Waals surface area contributed by atoms with Crippen molar-refractivity contribution in [3.8, 4) is 35.5 Å². The van der Waals surface area contributed by atoms with Crippen molar-refractivity contribution in [1.29, 1.82) is 0 Å². The van der Waals surface area contributed by atoms with Crippen molar-refractivity contribution in [2.75, 3.05) is 58.8 Å². The third-order valence-electron chi connectivity index (χ3n) is 16.9. The minimum absolute atomic E-state index is 0.0488. The van der Waals surface area contributed by atoms with E-state index in [9.17, 15) is 77.8 Å². The van der Waals surface area contributed by atoms with E-state index in [1.165, 1.54) is 62.1 Å². The maximum atomic E-state index is 14.1. The first-order valence-corrected chi connectivity index (χ1v) is 34.4. The number of methoxy groups -OCH3 is 1. The van der Waals surface area contributed by atoms with E-state index in [0.717, 1.165) is 33.9 Å². The van der Waals surface area contributed by atoms with Gasteiger partial charge in [-0.3, -0.25) is 86.7 Å². The van der Waals surface area contributed by atoms with Crippen molar-refractivity contribution in [1.82, 2.24) is 54.9 Å². The number of hydrogen-bond acceptors (Lipinski definition) is 28. The third-order valence-corrected chi connectivity index (χ3v) is 19.0. The number of aliphatic hydroxyl groups excluding tert-OH is 1. The number of nitrogens with two attached hydrogens (primary N) is 2. The summed E-state index contributed by atoms with van der Waals surface area (Å²) < 4.78 is 83.1. The highest BCUT2D eigenvalue weighted by Crippen LogP contribution is 2.52. The van der Waals surface area contributed by atoms with E-state index in [2.05, 4.69) is 76.7 Å². The maximum absolute atomic E-state index is 14.1. The number of anilines is 1. The van der Waals surface area contributed by atoms with Crippen molar-refractivity contribution in [3.63, 3.8) is 0 Å². The van der Waals surface area contributed by atoms with Crippen LogP contribution in [0.1, 0.15) is 103 Å². The summed E-state index contributed by atoms with van der Waals surface area (Å²) in [6.45, 7) is -1.72. The number of aliphatic hydroxyl groups is 1. The Kier molecular flexibility index (Phi) is 22.6. The van der Waals surface area contributed by atoms with Gasteiger partial charge in [-0.2, -0.15) is 0 Å². The Morgan fingerprint density at radius 1 is 0.689 bits per heavy atom. The summed E-state index contributed by atoms with van der Waals surface area (Å²) in [5.41, 5.74) is 6.63. The second-order valence-corrected chi connectivity index (χ2v) is 26.6. The van der Waals surface area contributed by atoms with Crippen LogP contribution in [-0.4, -0.2) is 178 Å². The number of phosphoric acid groups is 2. The Morgan fingerprint density at radius 2 is 1.26 bits per heavy atom. The molecule has 103 heavy (non-hydrogen) atoms. The van der Waals surface area contributed by atoms with E-state index in [4.69, 9.17) is 53.2 Å². The van der Waals surface area contributed by atoms with Gasteiger partial charge >= 0.3 is 27.0 Å². The van der Waals surface area contributed by atoms with Crippen LogP contribution < -0.4 is 55.2 Å². The average Bonchev–Trinajstić information content (AvgIpc) is 1.82. The number of carbonyl (C=O) groups excluding carboxylic acids is 3. The minimum Gasteiger partial charge on any atom is -0.390 e. The predicted octanol–water partition coefficient (Wildman–Crippen LogP) is -1.24. The van der Waals surface area contributed by atoms with Gasteiger partial charge in [0.05, 0.1) is 84.1 Å². The molecule has 13 N–H and O–H groups in total. The van der Waals surface area contributed by atoms with E-state index in [1.54, 1.807) is 0 Å². The molecule has 544 valence electrons. The zero-order valence-electron chi connectivity index (χ0n) is 54.4. The molecule has 0 saturated carbocycles. The number of phosphoric ester groups is 2. The molecule has 18 bridgehead atoms. The highest BCUT2D eigenvalue weighted by Gasteiger charge is 2.47. The predicted molar refractivity (Wildman–Crippen MR) is 351 cm³/mol. The Morgan fingerprint density at radius 3 is 1.91 bits per heavy atom. The summed E-state index contributed by atoms with van der Waals surface area (Å²) in [4.78, 5) is 154. The molecular formula is C61H65N15O25P2. The van der Waals surface area contributed by atoms with Gasteiger partial charge in [-0.15, -0.1) is 0 Å². The van der Waals surface area contributed by atoms with Gasteiger partial charge in [-0.05, 0) is 38.1 Å². The second kappa shape index (κ2) is 31.3. The summed E-state index contributed by atoms with van der Waals surface area (Å²) >= 11 is 0. The first-order valence-electron chi connectivity index (χ1n) is 31.4. The molecule has 6 unspecified atom stereocenters. The van der Waals surface area contributed by atoms with Gasteiger partial charge in [0.25, 0.3) is 28.4 Å². The molecule has 0 spiro atoms. The molecule has 0 aliphatic carbocycles. The van der Waals surface area contributed by atoms with Crippen molar-refractivity contribution >= 4 is 61.6 Å². The fourth-order valence-electron chi connectivity index (χ4n) is 11.9. The van der Waals surface area contributed by atoms with Crippen LogP contribution in [0.5, 0.6) is 0 Å². The second-order valence-electron chi connectivity index (χ2n) is 23.8. The lowest BCUT2D eigenvalue weighted by atomic mass is 10.0. The maximum Gasteiger partial charge on any atom is 0.472 e. The highest BCUT2D eigenvalue weighted by molar-refractivity contribution is 7.47. The fraction of sp³-hybridized carbons (Fsp3) is 0.426. The molecule has 11 heterocycles. The minimum atomic E-state index is -5.41. The van der Waals surface area contributed by atoms with Crippen LogP contribution >= 0.6 is 15.6 Å². The number of benzene rings is 2. The van der Waals surface area contributed by atoms with Crippen LogP contribution in [0.3, 0.4) is 0 Å². The molecule has 42 heteroatoms. The molecule has 2 aromatic carbocycles. The lowest BCUT2D eigenvalue weighted by Gasteiger charge is -2.25. The summed E-state index contributed by atoms with van der Waals surface area (Å²) in [7, 11) is -9.51. The molecule has 3 fully saturated rings. The van der Waals surface area contributed by atoms with Crippen molar-refractivity contribution in [3.05, 3.63) is 162 Å². The number of nitrogens with zero attached hydrogens (tertiary/aromatic N) is 7. The van der Waals surface area contributed by atoms with E-state index in [0.29, 0.717) is 0 Å². The van der Waals surface area contributed by atoms with Crippen molar-refractivity contribution in [2.24, 2.45) is 5.73 Å². The number of rotatable bonds is 5. The van der Waals surface area contributed by atoms with Crippen LogP contribution in [0, 0.1) is 55.8 Å². The summed E-state index contributed by atoms with van der Waals surface area (Å²) in [6, 6.07) is 5.21. The number of fused-ring (bicyclic) bond motifs is 21. The number of nitrogen functional groups attached to an aromatic ring is 1. The van der Waals surface area contributed by atoms with Gasteiger partial charge in [0, 0.05) is 86.4 Å². The Labute approximate surface area is 579 Å². The molecule has 6 aromatic rings. The number of H-pyrrole nitrogens is 2. The number of aromatic nitrogens is 7.